The summed E-state index contributed by atoms with van der Waals surface area (Å²) in [7, 11) is 0. The van der Waals surface area contributed by atoms with Crippen molar-refractivity contribution in [2.24, 2.45) is 16.5 Å². The van der Waals surface area contributed by atoms with Crippen LogP contribution in [-0.2, 0) is 6.54 Å². The summed E-state index contributed by atoms with van der Waals surface area (Å²) in [4.78, 5) is 15.0. The van der Waals surface area contributed by atoms with Gasteiger partial charge in [-0.3, -0.25) is 4.79 Å². The molecular formula is C15H27IN4O2. The normalized spacial score (nSPS) is 11.0. The van der Waals surface area contributed by atoms with E-state index in [1.165, 1.54) is 38.2 Å². The minimum absolute atomic E-state index is 0. The molecule has 0 aromatic carbocycles. The summed E-state index contributed by atoms with van der Waals surface area (Å²) < 4.78 is 5.21. The number of rotatable bonds is 10. The maximum absolute atomic E-state index is 10.9. The Balaban J connectivity index is 0.00000441. The fourth-order valence-electron chi connectivity index (χ4n) is 1.94. The first-order valence-corrected chi connectivity index (χ1v) is 7.55. The number of nitrogens with zero attached hydrogens (tertiary/aromatic N) is 1. The fourth-order valence-corrected chi connectivity index (χ4v) is 1.94. The number of nitrogens with two attached hydrogens (primary N) is 2. The van der Waals surface area contributed by atoms with Gasteiger partial charge in [-0.15, -0.1) is 24.0 Å². The van der Waals surface area contributed by atoms with E-state index in [1.54, 1.807) is 6.07 Å². The van der Waals surface area contributed by atoms with Crippen molar-refractivity contribution >= 4 is 35.8 Å². The highest BCUT2D eigenvalue weighted by atomic mass is 127. The number of hydrogen-bond donors (Lipinski definition) is 3. The van der Waals surface area contributed by atoms with Crippen LogP contribution in [0, 0.1) is 0 Å². The lowest BCUT2D eigenvalue weighted by Crippen LogP contribution is -2.32. The van der Waals surface area contributed by atoms with E-state index >= 15 is 0 Å². The number of unbranched alkanes of at least 4 members (excludes halogenated alkanes) is 5. The van der Waals surface area contributed by atoms with Crippen molar-refractivity contribution in [2.45, 2.75) is 52.0 Å². The van der Waals surface area contributed by atoms with E-state index in [2.05, 4.69) is 17.2 Å². The Morgan fingerprint density at radius 3 is 2.50 bits per heavy atom. The van der Waals surface area contributed by atoms with E-state index in [4.69, 9.17) is 15.9 Å². The summed E-state index contributed by atoms with van der Waals surface area (Å²) in [6.07, 6.45) is 7.46. The van der Waals surface area contributed by atoms with Gasteiger partial charge in [0.25, 0.3) is 5.91 Å². The molecular weight excluding hydrogens is 395 g/mol. The van der Waals surface area contributed by atoms with E-state index in [-0.39, 0.29) is 29.7 Å². The molecule has 0 aliphatic rings. The van der Waals surface area contributed by atoms with Crippen LogP contribution in [0.25, 0.3) is 0 Å². The molecule has 7 heteroatoms. The second-order valence-electron chi connectivity index (χ2n) is 5.03. The standard InChI is InChI=1S/C15H26N4O2.HI/c1-2-3-4-5-6-7-10-18-15(17)19-11-12-8-9-13(21-12)14(16)20;/h8-9H,2-7,10-11H2,1H3,(H2,16,20)(H3,17,18,19);1H. The number of carbonyl (C=O) groups is 1. The number of guanidine groups is 1. The molecule has 0 atom stereocenters. The molecule has 1 amide bonds. The predicted octanol–water partition coefficient (Wildman–Crippen LogP) is 2.76. The van der Waals surface area contributed by atoms with Crippen LogP contribution in [0.15, 0.2) is 21.5 Å². The van der Waals surface area contributed by atoms with Crippen molar-refractivity contribution < 1.29 is 9.21 Å². The highest BCUT2D eigenvalue weighted by molar-refractivity contribution is 14.0. The van der Waals surface area contributed by atoms with Crippen molar-refractivity contribution in [3.63, 3.8) is 0 Å². The van der Waals surface area contributed by atoms with E-state index in [0.717, 1.165) is 13.0 Å². The second-order valence-corrected chi connectivity index (χ2v) is 5.03. The van der Waals surface area contributed by atoms with Crippen LogP contribution in [0.5, 0.6) is 0 Å². The largest absolute Gasteiger partial charge is 0.454 e. The third-order valence-corrected chi connectivity index (χ3v) is 3.15. The van der Waals surface area contributed by atoms with Crippen molar-refractivity contribution in [3.8, 4) is 0 Å². The molecule has 1 aromatic heterocycles. The molecule has 0 bridgehead atoms. The van der Waals surface area contributed by atoms with Gasteiger partial charge in [-0.05, 0) is 18.6 Å². The lowest BCUT2D eigenvalue weighted by molar-refractivity contribution is 0.0972. The zero-order chi connectivity index (χ0) is 15.5. The van der Waals surface area contributed by atoms with E-state index < -0.39 is 5.91 Å². The molecule has 1 rings (SSSR count). The average molecular weight is 422 g/mol. The summed E-state index contributed by atoms with van der Waals surface area (Å²) in [5, 5.41) is 3.07. The molecule has 1 heterocycles. The maximum atomic E-state index is 10.9. The first kappa shape index (κ1) is 20.8. The number of amides is 1. The molecule has 0 aliphatic heterocycles. The molecule has 0 aliphatic carbocycles. The zero-order valence-corrected chi connectivity index (χ0v) is 15.5. The molecule has 1 aromatic rings. The molecule has 0 unspecified atom stereocenters. The van der Waals surface area contributed by atoms with Crippen molar-refractivity contribution in [1.29, 1.82) is 0 Å². The Hall–Kier alpha value is -1.25. The lowest BCUT2D eigenvalue weighted by atomic mass is 10.1. The highest BCUT2D eigenvalue weighted by Crippen LogP contribution is 2.08. The second kappa shape index (κ2) is 12.3. The molecule has 0 radical (unpaired) electrons. The van der Waals surface area contributed by atoms with Gasteiger partial charge in [0.15, 0.2) is 11.7 Å². The van der Waals surface area contributed by atoms with Gasteiger partial charge in [0, 0.05) is 6.54 Å². The zero-order valence-electron chi connectivity index (χ0n) is 13.1. The Bertz CT molecular complexity index is 460. The summed E-state index contributed by atoms with van der Waals surface area (Å²) >= 11 is 0. The first-order chi connectivity index (χ1) is 10.1. The molecule has 22 heavy (non-hydrogen) atoms. The summed E-state index contributed by atoms with van der Waals surface area (Å²) in [6, 6.07) is 3.21. The molecule has 0 saturated carbocycles. The summed E-state index contributed by atoms with van der Waals surface area (Å²) in [6.45, 7) is 3.33. The molecule has 0 saturated heterocycles. The van der Waals surface area contributed by atoms with Crippen LogP contribution in [0.3, 0.4) is 0 Å². The van der Waals surface area contributed by atoms with Gasteiger partial charge in [-0.2, -0.15) is 0 Å². The minimum atomic E-state index is -0.584. The number of halogens is 1. The highest BCUT2D eigenvalue weighted by Gasteiger charge is 2.06. The van der Waals surface area contributed by atoms with Crippen LogP contribution in [0.1, 0.15) is 61.8 Å². The number of hydrogen-bond acceptors (Lipinski definition) is 3. The minimum Gasteiger partial charge on any atom is -0.454 e. The third-order valence-electron chi connectivity index (χ3n) is 3.15. The smallest absolute Gasteiger partial charge is 0.284 e. The van der Waals surface area contributed by atoms with Gasteiger partial charge in [0.05, 0.1) is 0 Å². The molecule has 0 fully saturated rings. The Morgan fingerprint density at radius 2 is 1.86 bits per heavy atom. The number of furan rings is 1. The van der Waals surface area contributed by atoms with Crippen molar-refractivity contribution in [3.05, 3.63) is 23.7 Å². The van der Waals surface area contributed by atoms with E-state index in [1.807, 2.05) is 0 Å². The van der Waals surface area contributed by atoms with Crippen LogP contribution in [0.2, 0.25) is 0 Å². The Morgan fingerprint density at radius 1 is 1.18 bits per heavy atom. The Kier molecular flexibility index (Phi) is 11.6. The number of aliphatic imine (C=N–C) groups is 1. The predicted molar refractivity (Wildman–Crippen MR) is 99.3 cm³/mol. The summed E-state index contributed by atoms with van der Waals surface area (Å²) in [5.74, 6) is 0.506. The average Bonchev–Trinajstić information content (AvgIpc) is 2.93. The SMILES string of the molecule is CCCCCCCCNC(N)=NCc1ccc(C(N)=O)o1.I. The van der Waals surface area contributed by atoms with Gasteiger partial charge in [-0.25, -0.2) is 4.99 Å². The van der Waals surface area contributed by atoms with Crippen LogP contribution in [-0.4, -0.2) is 18.4 Å². The lowest BCUT2D eigenvalue weighted by Gasteiger charge is -2.05. The third kappa shape index (κ3) is 8.91. The van der Waals surface area contributed by atoms with E-state index in [9.17, 15) is 4.79 Å². The molecule has 126 valence electrons. The molecule has 5 N–H and O–H groups in total. The van der Waals surface area contributed by atoms with Gasteiger partial charge in [-0.1, -0.05) is 39.0 Å². The number of carbonyl (C=O) groups excluding carboxylic acids is 1. The monoisotopic (exact) mass is 422 g/mol. The molecule has 6 nitrogen and oxygen atoms in total. The van der Waals surface area contributed by atoms with Gasteiger partial charge in [0.1, 0.15) is 12.3 Å². The number of primary amides is 1. The molecule has 0 spiro atoms. The van der Waals surface area contributed by atoms with E-state index in [0.29, 0.717) is 18.3 Å². The van der Waals surface area contributed by atoms with Crippen LogP contribution < -0.4 is 16.8 Å². The fraction of sp³-hybridized carbons (Fsp3) is 0.600. The number of nitrogens with one attached hydrogen (secondary N) is 1. The van der Waals surface area contributed by atoms with Crippen LogP contribution >= 0.6 is 24.0 Å². The van der Waals surface area contributed by atoms with Gasteiger partial charge < -0.3 is 21.2 Å². The topological polar surface area (TPSA) is 107 Å². The first-order valence-electron chi connectivity index (χ1n) is 7.55. The van der Waals surface area contributed by atoms with Crippen LogP contribution in [0.4, 0.5) is 0 Å². The Labute approximate surface area is 149 Å². The van der Waals surface area contributed by atoms with Gasteiger partial charge >= 0.3 is 0 Å². The summed E-state index contributed by atoms with van der Waals surface area (Å²) in [5.41, 5.74) is 10.9. The van der Waals surface area contributed by atoms with Crippen molar-refractivity contribution in [2.75, 3.05) is 6.54 Å². The van der Waals surface area contributed by atoms with Crippen molar-refractivity contribution in [1.82, 2.24) is 5.32 Å². The quantitative estimate of drug-likeness (QED) is 0.233. The van der Waals surface area contributed by atoms with Gasteiger partial charge in [0.2, 0.25) is 0 Å². The maximum Gasteiger partial charge on any atom is 0.284 e.